The van der Waals surface area contributed by atoms with E-state index in [1.54, 1.807) is 0 Å². The van der Waals surface area contributed by atoms with E-state index in [0.29, 0.717) is 11.8 Å². The Kier molecular flexibility index (Phi) is 3.19. The Morgan fingerprint density at radius 2 is 1.76 bits per heavy atom. The molecule has 0 amide bonds. The molecule has 2 rings (SSSR count). The number of aryl methyl sites for hydroxylation is 1. The molecule has 5 nitrogen and oxygen atoms in total. The molecule has 17 heavy (non-hydrogen) atoms. The molecule has 1 aliphatic rings. The van der Waals surface area contributed by atoms with Crippen LogP contribution in [0.2, 0.25) is 0 Å². The second-order valence-corrected chi connectivity index (χ2v) is 5.07. The molecule has 1 fully saturated rings. The summed E-state index contributed by atoms with van der Waals surface area (Å²) in [6.45, 7) is 10.6. The van der Waals surface area contributed by atoms with E-state index < -0.39 is 0 Å². The van der Waals surface area contributed by atoms with E-state index in [0.717, 1.165) is 36.1 Å². The molecular weight excluding hydrogens is 214 g/mol. The molecule has 1 saturated heterocycles. The van der Waals surface area contributed by atoms with Crippen LogP contribution in [0.4, 0.5) is 11.6 Å². The van der Waals surface area contributed by atoms with Crippen LogP contribution in [0.1, 0.15) is 25.2 Å². The highest BCUT2D eigenvalue weighted by Gasteiger charge is 2.28. The van der Waals surface area contributed by atoms with Gasteiger partial charge in [0.15, 0.2) is 0 Å². The lowest BCUT2D eigenvalue weighted by Gasteiger charge is -2.21. The zero-order valence-electron chi connectivity index (χ0n) is 11.0. The summed E-state index contributed by atoms with van der Waals surface area (Å²) < 4.78 is 0. The number of hydrazine groups is 1. The summed E-state index contributed by atoms with van der Waals surface area (Å²) in [5.41, 5.74) is 3.67. The van der Waals surface area contributed by atoms with E-state index in [-0.39, 0.29) is 0 Å². The SMILES string of the molecule is Cc1nc(NN)c(C)c(N2CC(C)C(C)C2)n1. The van der Waals surface area contributed by atoms with Gasteiger partial charge < -0.3 is 10.3 Å². The van der Waals surface area contributed by atoms with E-state index in [9.17, 15) is 0 Å². The maximum atomic E-state index is 5.48. The van der Waals surface area contributed by atoms with Gasteiger partial charge in [0.2, 0.25) is 0 Å². The molecule has 0 saturated carbocycles. The Labute approximate surface area is 102 Å². The van der Waals surface area contributed by atoms with Crippen molar-refractivity contribution < 1.29 is 0 Å². The fourth-order valence-corrected chi connectivity index (χ4v) is 2.36. The Morgan fingerprint density at radius 3 is 2.29 bits per heavy atom. The van der Waals surface area contributed by atoms with Gasteiger partial charge in [-0.15, -0.1) is 0 Å². The third-order valence-corrected chi connectivity index (χ3v) is 3.66. The highest BCUT2D eigenvalue weighted by Crippen LogP contribution is 2.30. The van der Waals surface area contributed by atoms with Crippen molar-refractivity contribution in [3.63, 3.8) is 0 Å². The fraction of sp³-hybridized carbons (Fsp3) is 0.667. The van der Waals surface area contributed by atoms with Crippen LogP contribution in [-0.4, -0.2) is 23.1 Å². The van der Waals surface area contributed by atoms with E-state index in [2.05, 4.69) is 34.1 Å². The number of nitrogens with two attached hydrogens (primary N) is 1. The largest absolute Gasteiger partial charge is 0.356 e. The molecular formula is C12H21N5. The van der Waals surface area contributed by atoms with Gasteiger partial charge in [-0.3, -0.25) is 0 Å². The number of aromatic nitrogens is 2. The van der Waals surface area contributed by atoms with E-state index in [4.69, 9.17) is 5.84 Å². The molecule has 5 heteroatoms. The molecule has 2 heterocycles. The molecule has 1 aromatic heterocycles. The number of nitrogens with zero attached hydrogens (tertiary/aromatic N) is 3. The highest BCUT2D eigenvalue weighted by atomic mass is 15.3. The Balaban J connectivity index is 2.36. The lowest BCUT2D eigenvalue weighted by molar-refractivity contribution is 0.494. The minimum Gasteiger partial charge on any atom is -0.356 e. The lowest BCUT2D eigenvalue weighted by Crippen LogP contribution is -2.24. The van der Waals surface area contributed by atoms with Gasteiger partial charge in [-0.05, 0) is 25.7 Å². The van der Waals surface area contributed by atoms with Gasteiger partial charge in [0.25, 0.3) is 0 Å². The van der Waals surface area contributed by atoms with Crippen molar-refractivity contribution in [1.82, 2.24) is 9.97 Å². The molecule has 0 aliphatic carbocycles. The zero-order chi connectivity index (χ0) is 12.6. The number of hydrogen-bond acceptors (Lipinski definition) is 5. The third-order valence-electron chi connectivity index (χ3n) is 3.66. The first kappa shape index (κ1) is 12.1. The summed E-state index contributed by atoms with van der Waals surface area (Å²) >= 11 is 0. The maximum absolute atomic E-state index is 5.48. The smallest absolute Gasteiger partial charge is 0.148 e. The van der Waals surface area contributed by atoms with Crippen LogP contribution in [0.25, 0.3) is 0 Å². The van der Waals surface area contributed by atoms with Gasteiger partial charge in [0, 0.05) is 18.7 Å². The number of nitrogen functional groups attached to an aromatic ring is 1. The van der Waals surface area contributed by atoms with Crippen LogP contribution in [0, 0.1) is 25.7 Å². The number of nitrogens with one attached hydrogen (secondary N) is 1. The molecule has 0 radical (unpaired) electrons. The first-order valence-corrected chi connectivity index (χ1v) is 6.09. The van der Waals surface area contributed by atoms with Crippen LogP contribution >= 0.6 is 0 Å². The van der Waals surface area contributed by atoms with E-state index >= 15 is 0 Å². The van der Waals surface area contributed by atoms with Crippen molar-refractivity contribution >= 4 is 11.6 Å². The molecule has 2 atom stereocenters. The van der Waals surface area contributed by atoms with Crippen molar-refractivity contribution in [3.05, 3.63) is 11.4 Å². The Bertz CT molecular complexity index is 408. The molecule has 94 valence electrons. The Hall–Kier alpha value is -1.36. The summed E-state index contributed by atoms with van der Waals surface area (Å²) in [6, 6.07) is 0. The van der Waals surface area contributed by atoms with Gasteiger partial charge in [-0.25, -0.2) is 15.8 Å². The highest BCUT2D eigenvalue weighted by molar-refractivity contribution is 5.58. The molecule has 3 N–H and O–H groups in total. The van der Waals surface area contributed by atoms with Crippen molar-refractivity contribution in [2.24, 2.45) is 17.7 Å². The Morgan fingerprint density at radius 1 is 1.18 bits per heavy atom. The molecule has 0 aromatic carbocycles. The van der Waals surface area contributed by atoms with E-state index in [1.165, 1.54) is 0 Å². The minimum atomic E-state index is 0.707. The van der Waals surface area contributed by atoms with Gasteiger partial charge in [-0.2, -0.15) is 0 Å². The third kappa shape index (κ3) is 2.20. The first-order chi connectivity index (χ1) is 8.02. The van der Waals surface area contributed by atoms with Crippen molar-refractivity contribution in [2.45, 2.75) is 27.7 Å². The van der Waals surface area contributed by atoms with Crippen molar-refractivity contribution in [1.29, 1.82) is 0 Å². The van der Waals surface area contributed by atoms with Gasteiger partial charge in [-0.1, -0.05) is 13.8 Å². The summed E-state index contributed by atoms with van der Waals surface area (Å²) in [4.78, 5) is 11.2. The van der Waals surface area contributed by atoms with Crippen LogP contribution in [0.15, 0.2) is 0 Å². The lowest BCUT2D eigenvalue weighted by atomic mass is 10.0. The fourth-order valence-electron chi connectivity index (χ4n) is 2.36. The number of rotatable bonds is 2. The summed E-state index contributed by atoms with van der Waals surface area (Å²) in [5, 5.41) is 0. The van der Waals surface area contributed by atoms with Gasteiger partial charge >= 0.3 is 0 Å². The van der Waals surface area contributed by atoms with Crippen LogP contribution in [0.5, 0.6) is 0 Å². The van der Waals surface area contributed by atoms with Crippen molar-refractivity contribution in [3.8, 4) is 0 Å². The normalized spacial score (nSPS) is 24.2. The first-order valence-electron chi connectivity index (χ1n) is 6.09. The summed E-state index contributed by atoms with van der Waals surface area (Å²) in [7, 11) is 0. The predicted octanol–water partition coefficient (Wildman–Crippen LogP) is 1.47. The predicted molar refractivity (Wildman–Crippen MR) is 69.9 cm³/mol. The zero-order valence-corrected chi connectivity index (χ0v) is 11.0. The van der Waals surface area contributed by atoms with Gasteiger partial charge in [0.05, 0.1) is 0 Å². The quantitative estimate of drug-likeness (QED) is 0.600. The average molecular weight is 235 g/mol. The minimum absolute atomic E-state index is 0.707. The molecule has 1 aromatic rings. The topological polar surface area (TPSA) is 67.1 Å². The van der Waals surface area contributed by atoms with Crippen LogP contribution in [0.3, 0.4) is 0 Å². The van der Waals surface area contributed by atoms with E-state index in [1.807, 2.05) is 13.8 Å². The van der Waals surface area contributed by atoms with Gasteiger partial charge in [0.1, 0.15) is 17.5 Å². The molecule has 1 aliphatic heterocycles. The standard InChI is InChI=1S/C12H21N5/c1-7-5-17(6-8(7)2)12-9(3)11(16-13)14-10(4)15-12/h7-8H,5-6,13H2,1-4H3,(H,14,15,16). The molecule has 0 bridgehead atoms. The van der Waals surface area contributed by atoms with Crippen LogP contribution in [-0.2, 0) is 0 Å². The number of hydrogen-bond donors (Lipinski definition) is 2. The summed E-state index contributed by atoms with van der Waals surface area (Å²) in [6.07, 6.45) is 0. The molecule has 2 unspecified atom stereocenters. The molecule has 0 spiro atoms. The average Bonchev–Trinajstić information content (AvgIpc) is 2.62. The van der Waals surface area contributed by atoms with Crippen LogP contribution < -0.4 is 16.2 Å². The monoisotopic (exact) mass is 235 g/mol. The maximum Gasteiger partial charge on any atom is 0.148 e. The summed E-state index contributed by atoms with van der Waals surface area (Å²) in [5.74, 6) is 9.39. The second-order valence-electron chi connectivity index (χ2n) is 5.07. The second kappa shape index (κ2) is 4.49. The van der Waals surface area contributed by atoms with Crippen molar-refractivity contribution in [2.75, 3.05) is 23.4 Å². The number of anilines is 2.